The monoisotopic (exact) mass is 387 g/mol. The summed E-state index contributed by atoms with van der Waals surface area (Å²) in [7, 11) is 3.97. The fraction of sp³-hybridized carbons (Fsp3) is 0.208. The Balaban J connectivity index is 1.67. The van der Waals surface area contributed by atoms with Gasteiger partial charge in [0.05, 0.1) is 0 Å². The molecular weight excluding hydrogens is 362 g/mol. The second kappa shape index (κ2) is 7.87. The summed E-state index contributed by atoms with van der Waals surface area (Å²) in [6.45, 7) is 1.90. The highest BCUT2D eigenvalue weighted by Gasteiger charge is 2.21. The van der Waals surface area contributed by atoms with Crippen LogP contribution >= 0.6 is 0 Å². The highest BCUT2D eigenvalue weighted by atomic mass is 16.5. The molecule has 4 rings (SSSR count). The first-order valence-electron chi connectivity index (χ1n) is 9.72. The van der Waals surface area contributed by atoms with Crippen molar-refractivity contribution in [3.05, 3.63) is 77.9 Å². The van der Waals surface area contributed by atoms with Gasteiger partial charge in [-0.3, -0.25) is 0 Å². The van der Waals surface area contributed by atoms with E-state index in [4.69, 9.17) is 10.5 Å². The fourth-order valence-electron chi connectivity index (χ4n) is 3.82. The van der Waals surface area contributed by atoms with E-state index < -0.39 is 6.09 Å². The molecule has 0 radical (unpaired) electrons. The van der Waals surface area contributed by atoms with Gasteiger partial charge in [-0.15, -0.1) is 0 Å². The smallest absolute Gasteiger partial charge is 0.409 e. The average Bonchev–Trinajstić information content (AvgIpc) is 3.10. The minimum Gasteiger partial charge on any atom is -0.410 e. The molecule has 0 bridgehead atoms. The number of rotatable bonds is 5. The van der Waals surface area contributed by atoms with E-state index in [0.29, 0.717) is 5.75 Å². The summed E-state index contributed by atoms with van der Waals surface area (Å²) in [4.78, 5) is 15.8. The Kier molecular flexibility index (Phi) is 5.12. The molecule has 0 saturated carbocycles. The van der Waals surface area contributed by atoms with Crippen LogP contribution in [0.15, 0.2) is 66.7 Å². The zero-order valence-electron chi connectivity index (χ0n) is 16.8. The number of nitrogens with zero attached hydrogens (tertiary/aromatic N) is 2. The van der Waals surface area contributed by atoms with Crippen LogP contribution < -0.4 is 20.3 Å². The summed E-state index contributed by atoms with van der Waals surface area (Å²) in [5, 5.41) is 0. The van der Waals surface area contributed by atoms with Crippen molar-refractivity contribution >= 4 is 17.5 Å². The van der Waals surface area contributed by atoms with Gasteiger partial charge in [0, 0.05) is 44.1 Å². The Morgan fingerprint density at radius 3 is 2.59 bits per heavy atom. The van der Waals surface area contributed by atoms with E-state index in [1.165, 1.54) is 16.8 Å². The van der Waals surface area contributed by atoms with Crippen molar-refractivity contribution < 1.29 is 9.53 Å². The van der Waals surface area contributed by atoms with Crippen molar-refractivity contribution in [3.8, 4) is 16.9 Å². The van der Waals surface area contributed by atoms with Crippen molar-refractivity contribution in [1.29, 1.82) is 0 Å². The zero-order valence-corrected chi connectivity index (χ0v) is 16.8. The van der Waals surface area contributed by atoms with Crippen LogP contribution in [0.4, 0.5) is 16.2 Å². The number of benzene rings is 3. The summed E-state index contributed by atoms with van der Waals surface area (Å²) in [6, 6.07) is 22.7. The van der Waals surface area contributed by atoms with Gasteiger partial charge in [0.1, 0.15) is 5.75 Å². The van der Waals surface area contributed by atoms with Gasteiger partial charge in [0.25, 0.3) is 0 Å². The minimum atomic E-state index is -0.806. The molecule has 0 aromatic heterocycles. The number of carbonyl (C=O) groups is 1. The first-order valence-corrected chi connectivity index (χ1v) is 9.72. The molecule has 1 aliphatic rings. The summed E-state index contributed by atoms with van der Waals surface area (Å²) in [5.41, 5.74) is 12.1. The molecule has 1 amide bonds. The minimum absolute atomic E-state index is 0.474. The molecule has 5 nitrogen and oxygen atoms in total. The van der Waals surface area contributed by atoms with E-state index in [2.05, 4.69) is 47.4 Å². The fourth-order valence-corrected chi connectivity index (χ4v) is 3.82. The summed E-state index contributed by atoms with van der Waals surface area (Å²) in [5.74, 6) is 0.474. The molecule has 3 aromatic carbocycles. The standard InChI is InChI=1S/C24H25N3O2/c1-26(2)20-9-11-23(29-24(25)28)21(15-20)18-8-10-22-19(14-18)12-13-27(22)16-17-6-4-3-5-7-17/h3-11,14-15H,12-13,16H2,1-2H3,(H2,25,28). The zero-order chi connectivity index (χ0) is 20.4. The number of ether oxygens (including phenoxy) is 1. The first kappa shape index (κ1) is 18.9. The second-order valence-corrected chi connectivity index (χ2v) is 7.50. The van der Waals surface area contributed by atoms with Gasteiger partial charge in [-0.25, -0.2) is 4.79 Å². The molecular formula is C24H25N3O2. The van der Waals surface area contributed by atoms with Crippen LogP contribution in [-0.4, -0.2) is 26.7 Å². The molecule has 0 unspecified atom stereocenters. The molecule has 0 spiro atoms. The molecule has 148 valence electrons. The highest BCUT2D eigenvalue weighted by Crippen LogP contribution is 2.38. The first-order chi connectivity index (χ1) is 14.0. The molecule has 5 heteroatoms. The Morgan fingerprint density at radius 2 is 1.86 bits per heavy atom. The van der Waals surface area contributed by atoms with E-state index in [9.17, 15) is 4.79 Å². The lowest BCUT2D eigenvalue weighted by Gasteiger charge is -2.20. The Morgan fingerprint density at radius 1 is 1.07 bits per heavy atom. The van der Waals surface area contributed by atoms with E-state index in [-0.39, 0.29) is 0 Å². The van der Waals surface area contributed by atoms with E-state index in [0.717, 1.165) is 36.3 Å². The number of nitrogens with two attached hydrogens (primary N) is 1. The molecule has 1 aliphatic heterocycles. The number of primary amides is 1. The Hall–Kier alpha value is -3.47. The van der Waals surface area contributed by atoms with Gasteiger partial charge >= 0.3 is 6.09 Å². The normalized spacial score (nSPS) is 12.6. The van der Waals surface area contributed by atoms with Gasteiger partial charge in [0.15, 0.2) is 0 Å². The number of hydrogen-bond acceptors (Lipinski definition) is 4. The predicted molar refractivity (Wildman–Crippen MR) is 118 cm³/mol. The topological polar surface area (TPSA) is 58.8 Å². The molecule has 29 heavy (non-hydrogen) atoms. The van der Waals surface area contributed by atoms with Crippen LogP contribution in [0.3, 0.4) is 0 Å². The molecule has 0 fully saturated rings. The third-order valence-corrected chi connectivity index (χ3v) is 5.29. The largest absolute Gasteiger partial charge is 0.410 e. The number of amides is 1. The van der Waals surface area contributed by atoms with E-state index in [1.807, 2.05) is 37.2 Å². The third kappa shape index (κ3) is 4.04. The van der Waals surface area contributed by atoms with Gasteiger partial charge < -0.3 is 20.3 Å². The maximum atomic E-state index is 11.4. The predicted octanol–water partition coefficient (Wildman–Crippen LogP) is 4.44. The number of anilines is 2. The molecule has 0 atom stereocenters. The summed E-state index contributed by atoms with van der Waals surface area (Å²) in [6.07, 6.45) is 0.189. The summed E-state index contributed by atoms with van der Waals surface area (Å²) >= 11 is 0. The van der Waals surface area contributed by atoms with Crippen LogP contribution in [0.2, 0.25) is 0 Å². The highest BCUT2D eigenvalue weighted by molar-refractivity contribution is 5.80. The Labute approximate surface area is 171 Å². The van der Waals surface area contributed by atoms with Gasteiger partial charge in [-0.2, -0.15) is 0 Å². The number of fused-ring (bicyclic) bond motifs is 1. The lowest BCUT2D eigenvalue weighted by atomic mass is 10.00. The lowest BCUT2D eigenvalue weighted by molar-refractivity contribution is 0.211. The molecule has 2 N–H and O–H groups in total. The van der Waals surface area contributed by atoms with Crippen LogP contribution in [0, 0.1) is 0 Å². The number of hydrogen-bond donors (Lipinski definition) is 1. The van der Waals surface area contributed by atoms with Crippen LogP contribution in [0.1, 0.15) is 11.1 Å². The second-order valence-electron chi connectivity index (χ2n) is 7.50. The van der Waals surface area contributed by atoms with Crippen LogP contribution in [-0.2, 0) is 13.0 Å². The molecule has 1 heterocycles. The van der Waals surface area contributed by atoms with Gasteiger partial charge in [-0.1, -0.05) is 36.4 Å². The van der Waals surface area contributed by atoms with E-state index in [1.54, 1.807) is 6.07 Å². The third-order valence-electron chi connectivity index (χ3n) is 5.29. The maximum Gasteiger partial charge on any atom is 0.409 e. The number of carbonyl (C=O) groups excluding carboxylic acids is 1. The van der Waals surface area contributed by atoms with Crippen molar-refractivity contribution in [3.63, 3.8) is 0 Å². The van der Waals surface area contributed by atoms with Crippen LogP contribution in [0.5, 0.6) is 5.75 Å². The average molecular weight is 387 g/mol. The molecule has 0 saturated heterocycles. The lowest BCUT2D eigenvalue weighted by Crippen LogP contribution is -2.19. The molecule has 0 aliphatic carbocycles. The van der Waals surface area contributed by atoms with Crippen molar-refractivity contribution in [2.24, 2.45) is 5.73 Å². The van der Waals surface area contributed by atoms with Crippen molar-refractivity contribution in [2.75, 3.05) is 30.4 Å². The van der Waals surface area contributed by atoms with Gasteiger partial charge in [0.2, 0.25) is 0 Å². The SMILES string of the molecule is CN(C)c1ccc(OC(N)=O)c(-c2ccc3c(c2)CCN3Cc2ccccc2)c1. The van der Waals surface area contributed by atoms with Crippen molar-refractivity contribution in [1.82, 2.24) is 0 Å². The Bertz CT molecular complexity index is 1030. The quantitative estimate of drug-likeness (QED) is 0.703. The van der Waals surface area contributed by atoms with E-state index >= 15 is 0 Å². The van der Waals surface area contributed by atoms with Gasteiger partial charge in [-0.05, 0) is 53.4 Å². The molecule has 3 aromatic rings. The van der Waals surface area contributed by atoms with Crippen molar-refractivity contribution in [2.45, 2.75) is 13.0 Å². The summed E-state index contributed by atoms with van der Waals surface area (Å²) < 4.78 is 5.26. The van der Waals surface area contributed by atoms with Crippen LogP contribution in [0.25, 0.3) is 11.1 Å². The maximum absolute atomic E-state index is 11.4.